The largest absolute Gasteiger partial charge is 0.480 e. The Balaban J connectivity index is 1.72. The van der Waals surface area contributed by atoms with Gasteiger partial charge in [-0.2, -0.15) is 5.10 Å². The lowest BCUT2D eigenvalue weighted by molar-refractivity contribution is -0.132. The lowest BCUT2D eigenvalue weighted by atomic mass is 10.1. The minimum atomic E-state index is -0.944. The number of hydrazone groups is 1. The van der Waals surface area contributed by atoms with Crippen LogP contribution in [0.2, 0.25) is 10.0 Å². The molecule has 0 aliphatic rings. The molecule has 0 heterocycles. The van der Waals surface area contributed by atoms with Gasteiger partial charge in [0.2, 0.25) is 0 Å². The van der Waals surface area contributed by atoms with Crippen molar-refractivity contribution in [3.05, 3.63) is 92.4 Å². The molecule has 2 N–H and O–H groups in total. The Hall–Kier alpha value is -3.51. The van der Waals surface area contributed by atoms with Gasteiger partial charge in [0.15, 0.2) is 6.10 Å². The Morgan fingerprint density at radius 3 is 2.53 bits per heavy atom. The fraction of sp³-hybridized carbons (Fsp3) is 0.179. The number of hydrogen-bond acceptors (Lipinski definition) is 5. The number of carbonyl (C=O) groups excluding carboxylic acids is 2. The number of terminal acetylenes is 1. The molecule has 0 fully saturated rings. The number of amides is 2. The van der Waals surface area contributed by atoms with Gasteiger partial charge in [0.1, 0.15) is 24.1 Å². The minimum Gasteiger partial charge on any atom is -0.480 e. The highest BCUT2D eigenvalue weighted by molar-refractivity contribution is 9.10. The molecule has 7 nitrogen and oxygen atoms in total. The summed E-state index contributed by atoms with van der Waals surface area (Å²) in [6.45, 7) is 1.64. The van der Waals surface area contributed by atoms with Crippen LogP contribution in [0.25, 0.3) is 0 Å². The van der Waals surface area contributed by atoms with Crippen LogP contribution in [-0.4, -0.2) is 36.8 Å². The molecule has 38 heavy (non-hydrogen) atoms. The Labute approximate surface area is 239 Å². The molecule has 0 aliphatic carbocycles. The maximum atomic E-state index is 13.1. The Bertz CT molecular complexity index is 1350. The van der Waals surface area contributed by atoms with Gasteiger partial charge in [-0.1, -0.05) is 75.4 Å². The molecule has 2 amide bonds. The lowest BCUT2D eigenvalue weighted by Gasteiger charge is -2.21. The Morgan fingerprint density at radius 1 is 1.08 bits per heavy atom. The van der Waals surface area contributed by atoms with Crippen LogP contribution in [0.1, 0.15) is 18.1 Å². The summed E-state index contributed by atoms with van der Waals surface area (Å²) in [6.07, 6.45) is 6.00. The molecule has 2 atom stereocenters. The molecule has 0 unspecified atom stereocenters. The standard InChI is InChI=1S/C28H24BrCl2N3O4/c1-3-13-37-25-11-9-21(29)15-20(25)17-32-34-28(36)24(14-19-7-5-4-6-8-19)33-27(35)18(2)38-26-12-10-22(30)16-23(26)31/h1,4-12,15-18,24H,13-14H2,2H3,(H,33,35)(H,34,36)/b32-17-/t18-,24-/m1/s1. The van der Waals surface area contributed by atoms with Gasteiger partial charge < -0.3 is 14.8 Å². The first-order valence-corrected chi connectivity index (χ1v) is 13.0. The van der Waals surface area contributed by atoms with Gasteiger partial charge in [-0.25, -0.2) is 5.43 Å². The third-order valence-corrected chi connectivity index (χ3v) is 6.17. The van der Waals surface area contributed by atoms with Crippen LogP contribution in [-0.2, 0) is 16.0 Å². The van der Waals surface area contributed by atoms with Gasteiger partial charge in [0.25, 0.3) is 11.8 Å². The molecule has 0 saturated heterocycles. The van der Waals surface area contributed by atoms with Crippen LogP contribution < -0.4 is 20.2 Å². The monoisotopic (exact) mass is 615 g/mol. The number of nitrogens with one attached hydrogen (secondary N) is 2. The molecule has 0 bridgehead atoms. The van der Waals surface area contributed by atoms with Gasteiger partial charge in [-0.3, -0.25) is 9.59 Å². The molecule has 3 aromatic carbocycles. The van der Waals surface area contributed by atoms with E-state index >= 15 is 0 Å². The van der Waals surface area contributed by atoms with Crippen molar-refractivity contribution in [2.75, 3.05) is 6.61 Å². The summed E-state index contributed by atoms with van der Waals surface area (Å²) in [5, 5.41) is 7.51. The van der Waals surface area contributed by atoms with Crippen molar-refractivity contribution >= 4 is 57.2 Å². The van der Waals surface area contributed by atoms with E-state index < -0.39 is 24.0 Å². The number of carbonyl (C=O) groups is 2. The first-order valence-electron chi connectivity index (χ1n) is 11.4. The van der Waals surface area contributed by atoms with Crippen LogP contribution in [0.3, 0.4) is 0 Å². The van der Waals surface area contributed by atoms with E-state index in [0.717, 1.165) is 10.0 Å². The van der Waals surface area contributed by atoms with E-state index in [9.17, 15) is 9.59 Å². The quantitative estimate of drug-likeness (QED) is 0.171. The fourth-order valence-electron chi connectivity index (χ4n) is 3.28. The first kappa shape index (κ1) is 29.1. The van der Waals surface area contributed by atoms with Crippen LogP contribution in [0, 0.1) is 12.3 Å². The van der Waals surface area contributed by atoms with Crippen molar-refractivity contribution in [3.8, 4) is 23.8 Å². The molecule has 0 radical (unpaired) electrons. The van der Waals surface area contributed by atoms with E-state index in [4.69, 9.17) is 39.1 Å². The van der Waals surface area contributed by atoms with Crippen molar-refractivity contribution in [2.24, 2.45) is 5.10 Å². The van der Waals surface area contributed by atoms with Crippen molar-refractivity contribution < 1.29 is 19.1 Å². The second-order valence-corrected chi connectivity index (χ2v) is 9.75. The van der Waals surface area contributed by atoms with E-state index in [2.05, 4.69) is 37.7 Å². The third-order valence-electron chi connectivity index (χ3n) is 5.14. The van der Waals surface area contributed by atoms with Gasteiger partial charge >= 0.3 is 0 Å². The molecule has 10 heteroatoms. The molecule has 0 aliphatic heterocycles. The predicted molar refractivity (Wildman–Crippen MR) is 153 cm³/mol. The Kier molecular flexibility index (Phi) is 11.0. The molecular weight excluding hydrogens is 593 g/mol. The van der Waals surface area contributed by atoms with Crippen LogP contribution in [0.15, 0.2) is 76.3 Å². The summed E-state index contributed by atoms with van der Waals surface area (Å²) in [7, 11) is 0. The highest BCUT2D eigenvalue weighted by Gasteiger charge is 2.25. The van der Waals surface area contributed by atoms with Gasteiger partial charge in [0, 0.05) is 21.5 Å². The smallest absolute Gasteiger partial charge is 0.262 e. The molecule has 0 aromatic heterocycles. The first-order chi connectivity index (χ1) is 18.3. The lowest BCUT2D eigenvalue weighted by Crippen LogP contribution is -2.50. The van der Waals surface area contributed by atoms with Crippen LogP contribution in [0.5, 0.6) is 11.5 Å². The van der Waals surface area contributed by atoms with Gasteiger partial charge in [0.05, 0.1) is 11.2 Å². The molecule has 196 valence electrons. The number of ether oxygens (including phenoxy) is 2. The maximum absolute atomic E-state index is 13.1. The van der Waals surface area contributed by atoms with Crippen LogP contribution >= 0.6 is 39.1 Å². The van der Waals surface area contributed by atoms with Crippen molar-refractivity contribution in [1.29, 1.82) is 0 Å². The zero-order valence-corrected chi connectivity index (χ0v) is 23.4. The van der Waals surface area contributed by atoms with E-state index in [1.807, 2.05) is 30.3 Å². The zero-order valence-electron chi connectivity index (χ0n) is 20.3. The van der Waals surface area contributed by atoms with Crippen molar-refractivity contribution in [2.45, 2.75) is 25.5 Å². The average Bonchev–Trinajstić information content (AvgIpc) is 2.89. The normalized spacial score (nSPS) is 12.3. The maximum Gasteiger partial charge on any atom is 0.262 e. The zero-order chi connectivity index (χ0) is 27.5. The SMILES string of the molecule is C#CCOc1ccc(Br)cc1/C=N\NC(=O)[C@@H](Cc1ccccc1)NC(=O)[C@@H](C)Oc1ccc(Cl)cc1Cl. The molecule has 3 aromatic rings. The van der Waals surface area contributed by atoms with E-state index in [-0.39, 0.29) is 18.1 Å². The van der Waals surface area contributed by atoms with E-state index in [0.29, 0.717) is 22.1 Å². The number of hydrogen-bond donors (Lipinski definition) is 2. The number of nitrogens with zero attached hydrogens (tertiary/aromatic N) is 1. The van der Waals surface area contributed by atoms with Gasteiger partial charge in [-0.05, 0) is 48.9 Å². The summed E-state index contributed by atoms with van der Waals surface area (Å²) in [5.74, 6) is 2.18. The van der Waals surface area contributed by atoms with Gasteiger partial charge in [-0.15, -0.1) is 6.42 Å². The summed E-state index contributed by atoms with van der Waals surface area (Å²) < 4.78 is 12.0. The second kappa shape index (κ2) is 14.4. The second-order valence-electron chi connectivity index (χ2n) is 7.99. The average molecular weight is 617 g/mol. The third kappa shape index (κ3) is 8.80. The predicted octanol–water partition coefficient (Wildman–Crippen LogP) is 5.41. The molecule has 0 spiro atoms. The Morgan fingerprint density at radius 2 is 1.82 bits per heavy atom. The van der Waals surface area contributed by atoms with E-state index in [1.54, 1.807) is 37.3 Å². The van der Waals surface area contributed by atoms with Crippen LogP contribution in [0.4, 0.5) is 0 Å². The topological polar surface area (TPSA) is 89.0 Å². The molecule has 3 rings (SSSR count). The summed E-state index contributed by atoms with van der Waals surface area (Å²) in [4.78, 5) is 26.0. The number of halogens is 3. The van der Waals surface area contributed by atoms with Crippen molar-refractivity contribution in [1.82, 2.24) is 10.7 Å². The highest BCUT2D eigenvalue weighted by atomic mass is 79.9. The molecule has 0 saturated carbocycles. The van der Waals surface area contributed by atoms with Crippen molar-refractivity contribution in [3.63, 3.8) is 0 Å². The molecular formula is C28H24BrCl2N3O4. The number of rotatable bonds is 11. The number of benzene rings is 3. The summed E-state index contributed by atoms with van der Waals surface area (Å²) in [6, 6.07) is 18.3. The van der Waals surface area contributed by atoms with E-state index in [1.165, 1.54) is 12.3 Å². The summed E-state index contributed by atoms with van der Waals surface area (Å²) in [5.41, 5.74) is 3.94. The summed E-state index contributed by atoms with van der Waals surface area (Å²) >= 11 is 15.5. The minimum absolute atomic E-state index is 0.0848. The fourth-order valence-corrected chi connectivity index (χ4v) is 4.11. The highest BCUT2D eigenvalue weighted by Crippen LogP contribution is 2.28.